The molecule has 1 fully saturated rings. The van der Waals surface area contributed by atoms with Gasteiger partial charge in [0.25, 0.3) is 5.91 Å². The second kappa shape index (κ2) is 8.56. The summed E-state index contributed by atoms with van der Waals surface area (Å²) in [6.45, 7) is -0.614. The van der Waals surface area contributed by atoms with E-state index >= 15 is 0 Å². The second-order valence-corrected chi connectivity index (χ2v) is 8.47. The van der Waals surface area contributed by atoms with Crippen molar-refractivity contribution < 1.29 is 31.9 Å². The van der Waals surface area contributed by atoms with Crippen LogP contribution in [0.5, 0.6) is 0 Å². The maximum atomic E-state index is 14.1. The van der Waals surface area contributed by atoms with Gasteiger partial charge in [0.05, 0.1) is 17.4 Å². The molecule has 5 heterocycles. The van der Waals surface area contributed by atoms with Crippen molar-refractivity contribution in [2.24, 2.45) is 5.92 Å². The molecule has 4 aromatic heterocycles. The molecule has 4 aromatic rings. The van der Waals surface area contributed by atoms with E-state index in [1.54, 1.807) is 4.90 Å². The summed E-state index contributed by atoms with van der Waals surface area (Å²) >= 11 is 0. The molecule has 5 rings (SSSR count). The number of imidazole rings is 1. The average Bonchev–Trinajstić information content (AvgIpc) is 3.38. The molecule has 0 aliphatic carbocycles. The number of piperidine rings is 1. The van der Waals surface area contributed by atoms with Gasteiger partial charge in [-0.3, -0.25) is 18.9 Å². The summed E-state index contributed by atoms with van der Waals surface area (Å²) in [5, 5.41) is 13.5. The van der Waals surface area contributed by atoms with E-state index in [-0.39, 0.29) is 46.2 Å². The van der Waals surface area contributed by atoms with Crippen LogP contribution in [0.1, 0.15) is 23.3 Å². The van der Waals surface area contributed by atoms with Crippen LogP contribution in [0.25, 0.3) is 27.9 Å². The Balaban J connectivity index is 1.60. The molecule has 0 atom stereocenters. The normalized spacial score (nSPS) is 15.4. The highest BCUT2D eigenvalue weighted by atomic mass is 19.4. The molecule has 1 saturated heterocycles. The zero-order valence-corrected chi connectivity index (χ0v) is 18.1. The molecule has 0 radical (unpaired) electrons. The van der Waals surface area contributed by atoms with E-state index in [1.165, 1.54) is 18.5 Å². The second-order valence-electron chi connectivity index (χ2n) is 8.47. The van der Waals surface area contributed by atoms with Gasteiger partial charge >= 0.3 is 6.18 Å². The number of carbonyl (C=O) groups is 1. The third-order valence-corrected chi connectivity index (χ3v) is 6.11. The van der Waals surface area contributed by atoms with Gasteiger partial charge in [0.15, 0.2) is 11.5 Å². The molecule has 0 saturated carbocycles. The Kier molecular flexibility index (Phi) is 5.66. The number of rotatable bonds is 4. The summed E-state index contributed by atoms with van der Waals surface area (Å²) in [7, 11) is 0. The number of nitrogens with zero attached hydrogens (tertiary/aromatic N) is 6. The highest BCUT2D eigenvalue weighted by Gasteiger charge is 2.31. The highest BCUT2D eigenvalue weighted by Crippen LogP contribution is 2.31. The molecule has 1 amide bonds. The van der Waals surface area contributed by atoms with Crippen molar-refractivity contribution in [2.75, 3.05) is 19.7 Å². The Bertz CT molecular complexity index is 1420. The van der Waals surface area contributed by atoms with Gasteiger partial charge in [0, 0.05) is 43.5 Å². The number of pyridine rings is 2. The van der Waals surface area contributed by atoms with Crippen LogP contribution in [-0.2, 0) is 6.54 Å². The van der Waals surface area contributed by atoms with Crippen molar-refractivity contribution in [1.29, 1.82) is 0 Å². The fourth-order valence-electron chi connectivity index (χ4n) is 4.34. The van der Waals surface area contributed by atoms with Gasteiger partial charge in [0.2, 0.25) is 0 Å². The minimum absolute atomic E-state index is 0.00672. The Hall–Kier alpha value is -3.61. The zero-order chi connectivity index (χ0) is 24.9. The summed E-state index contributed by atoms with van der Waals surface area (Å²) in [6.07, 6.45) is -0.0243. The average molecular weight is 494 g/mol. The lowest BCUT2D eigenvalue weighted by Gasteiger charge is -2.30. The topological polar surface area (TPSA) is 88.6 Å². The molecule has 8 nitrogen and oxygen atoms in total. The van der Waals surface area contributed by atoms with Crippen LogP contribution < -0.4 is 0 Å². The van der Waals surface area contributed by atoms with Gasteiger partial charge in [-0.05, 0) is 24.8 Å². The van der Waals surface area contributed by atoms with E-state index in [4.69, 9.17) is 0 Å². The van der Waals surface area contributed by atoms with Crippen LogP contribution in [0.3, 0.4) is 0 Å². The van der Waals surface area contributed by atoms with Crippen molar-refractivity contribution in [3.63, 3.8) is 0 Å². The van der Waals surface area contributed by atoms with Gasteiger partial charge in [-0.2, -0.15) is 18.3 Å². The van der Waals surface area contributed by atoms with Crippen molar-refractivity contribution in [3.05, 3.63) is 48.1 Å². The predicted octanol–water partition coefficient (Wildman–Crippen LogP) is 3.43. The lowest BCUT2D eigenvalue weighted by molar-refractivity contribution is -0.141. The van der Waals surface area contributed by atoms with E-state index in [1.807, 2.05) is 0 Å². The molecule has 1 aliphatic rings. The molecule has 1 N–H and O–H groups in total. The maximum Gasteiger partial charge on any atom is 0.408 e. The number of likely N-dealkylation sites (tertiary alicyclic amines) is 1. The molecule has 0 aromatic carbocycles. The first-order valence-electron chi connectivity index (χ1n) is 10.8. The lowest BCUT2D eigenvalue weighted by Crippen LogP contribution is -2.39. The molecule has 13 heteroatoms. The molecule has 35 heavy (non-hydrogen) atoms. The van der Waals surface area contributed by atoms with Gasteiger partial charge in [0.1, 0.15) is 23.7 Å². The molecular formula is C22H19F5N6O2. The standard InChI is InChI=1S/C22H19F5N6O2/c23-13-5-15(24)20-29-8-18(32(20)9-13)19-14-7-28-16(6-17(14)33(30-19)11-22(25,26)27)21(35)31-3-1-12(10-34)2-4-31/h5-9,12,34H,1-4,10-11H2. The van der Waals surface area contributed by atoms with Crippen LogP contribution in [0.2, 0.25) is 0 Å². The van der Waals surface area contributed by atoms with Gasteiger partial charge in [-0.15, -0.1) is 0 Å². The third kappa shape index (κ3) is 4.31. The molecule has 1 aliphatic heterocycles. The first-order valence-corrected chi connectivity index (χ1v) is 10.8. The number of amides is 1. The van der Waals surface area contributed by atoms with E-state index < -0.39 is 30.3 Å². The summed E-state index contributed by atoms with van der Waals surface area (Å²) in [4.78, 5) is 22.6. The first-order chi connectivity index (χ1) is 16.6. The summed E-state index contributed by atoms with van der Waals surface area (Å²) in [5.74, 6) is -2.18. The Morgan fingerprint density at radius 2 is 1.86 bits per heavy atom. The number of hydrogen-bond acceptors (Lipinski definition) is 5. The van der Waals surface area contributed by atoms with Gasteiger partial charge in [-0.1, -0.05) is 0 Å². The fourth-order valence-corrected chi connectivity index (χ4v) is 4.34. The summed E-state index contributed by atoms with van der Waals surface area (Å²) < 4.78 is 69.7. The Morgan fingerprint density at radius 3 is 2.54 bits per heavy atom. The summed E-state index contributed by atoms with van der Waals surface area (Å²) in [5.41, 5.74) is -0.225. The van der Waals surface area contributed by atoms with E-state index in [2.05, 4.69) is 15.1 Å². The van der Waals surface area contributed by atoms with Gasteiger partial charge < -0.3 is 10.0 Å². The Morgan fingerprint density at radius 1 is 1.11 bits per heavy atom. The van der Waals surface area contributed by atoms with Gasteiger partial charge in [-0.25, -0.2) is 13.8 Å². The SMILES string of the molecule is O=C(c1cc2c(cn1)c(-c1cnc3c(F)cc(F)cn13)nn2CC(F)(F)F)N1CCC(CO)CC1. The number of fused-ring (bicyclic) bond motifs is 2. The predicted molar refractivity (Wildman–Crippen MR) is 113 cm³/mol. The largest absolute Gasteiger partial charge is 0.408 e. The zero-order valence-electron chi connectivity index (χ0n) is 18.1. The molecule has 0 spiro atoms. The minimum Gasteiger partial charge on any atom is -0.396 e. The first kappa shape index (κ1) is 23.1. The number of aliphatic hydroxyl groups is 1. The smallest absolute Gasteiger partial charge is 0.396 e. The van der Waals surface area contributed by atoms with E-state index in [0.29, 0.717) is 36.7 Å². The number of alkyl halides is 3. The molecule has 184 valence electrons. The van der Waals surface area contributed by atoms with E-state index in [9.17, 15) is 31.9 Å². The molecular weight excluding hydrogens is 475 g/mol. The number of carbonyl (C=O) groups excluding carboxylic acids is 1. The van der Waals surface area contributed by atoms with Crippen LogP contribution in [0, 0.1) is 17.6 Å². The molecule has 0 bridgehead atoms. The van der Waals surface area contributed by atoms with Crippen molar-refractivity contribution in [1.82, 2.24) is 29.0 Å². The van der Waals surface area contributed by atoms with Crippen LogP contribution in [-0.4, -0.2) is 65.9 Å². The van der Waals surface area contributed by atoms with Crippen molar-refractivity contribution >= 4 is 22.5 Å². The minimum atomic E-state index is -4.62. The number of aromatic nitrogens is 5. The monoisotopic (exact) mass is 494 g/mol. The fraction of sp³-hybridized carbons (Fsp3) is 0.364. The number of hydrogen-bond donors (Lipinski definition) is 1. The molecule has 0 unspecified atom stereocenters. The number of aliphatic hydroxyl groups excluding tert-OH is 1. The lowest BCUT2D eigenvalue weighted by atomic mass is 9.97. The van der Waals surface area contributed by atoms with Crippen LogP contribution in [0.4, 0.5) is 22.0 Å². The van der Waals surface area contributed by atoms with Crippen molar-refractivity contribution in [2.45, 2.75) is 25.6 Å². The highest BCUT2D eigenvalue weighted by molar-refractivity contribution is 5.99. The maximum absolute atomic E-state index is 14.1. The van der Waals surface area contributed by atoms with Crippen LogP contribution in [0.15, 0.2) is 30.7 Å². The Labute approximate surface area is 194 Å². The third-order valence-electron chi connectivity index (χ3n) is 6.11. The number of halogens is 5. The van der Waals surface area contributed by atoms with E-state index in [0.717, 1.165) is 10.6 Å². The van der Waals surface area contributed by atoms with Crippen molar-refractivity contribution in [3.8, 4) is 11.4 Å². The summed E-state index contributed by atoms with van der Waals surface area (Å²) in [6, 6.07) is 1.89. The van der Waals surface area contributed by atoms with Crippen LogP contribution >= 0.6 is 0 Å². The quantitative estimate of drug-likeness (QED) is 0.440.